The normalized spacial score (nSPS) is 12.2. The van der Waals surface area contributed by atoms with Gasteiger partial charge in [-0.05, 0) is 12.3 Å². The van der Waals surface area contributed by atoms with Gasteiger partial charge < -0.3 is 12.7 Å². The molecule has 13 heavy (non-hydrogen) atoms. The van der Waals surface area contributed by atoms with E-state index in [1.54, 1.807) is 0 Å². The predicted molar refractivity (Wildman–Crippen MR) is 59.2 cm³/mol. The topological polar surface area (TPSA) is 29.5 Å². The van der Waals surface area contributed by atoms with Crippen LogP contribution in [0.2, 0.25) is 0 Å². The third-order valence-corrected chi connectivity index (χ3v) is 2.13. The minimum Gasteiger partial charge on any atom is -1.00 e. The van der Waals surface area contributed by atoms with Gasteiger partial charge in [0.25, 0.3) is 0 Å². The number of ether oxygens (including phenoxy) is 1. The molecule has 0 rings (SSSR count). The summed E-state index contributed by atoms with van der Waals surface area (Å²) in [5.41, 5.74) is 0. The second kappa shape index (κ2) is 12.7. The molecular formula is C10H24MgO2. The Labute approximate surface area is 101 Å². The molecule has 0 aromatic rings. The average Bonchev–Trinajstić information content (AvgIpc) is 2.11. The van der Waals surface area contributed by atoms with E-state index < -0.39 is 0 Å². The molecule has 1 unspecified atom stereocenters. The standard InChI is InChI=1S/C10H22O2.Mg.2H/c1-3-5-6-10(4-2)9-12-8-7-11;;;/h10-11H,3-9H2,1-2H3;;;/q;+2;2*-1. The zero-order chi connectivity index (χ0) is 9.23. The van der Waals surface area contributed by atoms with Gasteiger partial charge >= 0.3 is 23.1 Å². The molecule has 0 saturated carbocycles. The van der Waals surface area contributed by atoms with Gasteiger partial charge in [0.05, 0.1) is 13.2 Å². The largest absolute Gasteiger partial charge is 2.00 e. The molecule has 0 saturated heterocycles. The van der Waals surface area contributed by atoms with Gasteiger partial charge in [-0.15, -0.1) is 0 Å². The van der Waals surface area contributed by atoms with Crippen molar-refractivity contribution in [3.63, 3.8) is 0 Å². The molecule has 0 amide bonds. The minimum atomic E-state index is 0. The van der Waals surface area contributed by atoms with Crippen molar-refractivity contribution >= 4 is 23.1 Å². The molecule has 2 nitrogen and oxygen atoms in total. The molecule has 0 spiro atoms. The number of hydrogen-bond acceptors (Lipinski definition) is 2. The maximum Gasteiger partial charge on any atom is 2.00 e. The first-order valence-corrected chi connectivity index (χ1v) is 5.03. The molecule has 0 aromatic carbocycles. The summed E-state index contributed by atoms with van der Waals surface area (Å²) >= 11 is 0. The first kappa shape index (κ1) is 16.1. The van der Waals surface area contributed by atoms with Crippen molar-refractivity contribution in [3.05, 3.63) is 0 Å². The van der Waals surface area contributed by atoms with Gasteiger partial charge in [-0.25, -0.2) is 0 Å². The Hall–Kier alpha value is 0.686. The van der Waals surface area contributed by atoms with Crippen molar-refractivity contribution in [3.8, 4) is 0 Å². The van der Waals surface area contributed by atoms with Crippen molar-refractivity contribution in [2.24, 2.45) is 5.92 Å². The Morgan fingerprint density at radius 1 is 1.38 bits per heavy atom. The first-order valence-electron chi connectivity index (χ1n) is 5.03. The van der Waals surface area contributed by atoms with E-state index in [0.29, 0.717) is 12.5 Å². The maximum atomic E-state index is 8.50. The summed E-state index contributed by atoms with van der Waals surface area (Å²) in [6.45, 7) is 5.85. The van der Waals surface area contributed by atoms with Gasteiger partial charge in [-0.3, -0.25) is 0 Å². The van der Waals surface area contributed by atoms with Gasteiger partial charge in [0.2, 0.25) is 0 Å². The number of aliphatic hydroxyl groups excluding tert-OH is 1. The van der Waals surface area contributed by atoms with Gasteiger partial charge in [-0.1, -0.05) is 33.1 Å². The van der Waals surface area contributed by atoms with Crippen LogP contribution in [0.5, 0.6) is 0 Å². The summed E-state index contributed by atoms with van der Waals surface area (Å²) in [4.78, 5) is 0. The molecule has 3 heteroatoms. The molecule has 0 aliphatic heterocycles. The molecule has 0 aliphatic rings. The van der Waals surface area contributed by atoms with Crippen LogP contribution in [0.1, 0.15) is 42.4 Å². The summed E-state index contributed by atoms with van der Waals surface area (Å²) in [5, 5.41) is 8.50. The summed E-state index contributed by atoms with van der Waals surface area (Å²) in [6, 6.07) is 0. The molecule has 0 fully saturated rings. The van der Waals surface area contributed by atoms with E-state index in [0.717, 1.165) is 6.61 Å². The molecular weight excluding hydrogens is 176 g/mol. The fraction of sp³-hybridized carbons (Fsp3) is 1.00. The van der Waals surface area contributed by atoms with Crippen LogP contribution in [0.3, 0.4) is 0 Å². The van der Waals surface area contributed by atoms with E-state index in [-0.39, 0.29) is 32.5 Å². The van der Waals surface area contributed by atoms with Gasteiger partial charge in [-0.2, -0.15) is 0 Å². The van der Waals surface area contributed by atoms with Crippen LogP contribution in [0.4, 0.5) is 0 Å². The molecule has 1 N–H and O–H groups in total. The van der Waals surface area contributed by atoms with Crippen molar-refractivity contribution in [1.29, 1.82) is 0 Å². The Morgan fingerprint density at radius 3 is 2.54 bits per heavy atom. The van der Waals surface area contributed by atoms with E-state index in [9.17, 15) is 0 Å². The fourth-order valence-corrected chi connectivity index (χ4v) is 1.21. The van der Waals surface area contributed by atoms with E-state index >= 15 is 0 Å². The number of aliphatic hydroxyl groups is 1. The van der Waals surface area contributed by atoms with Crippen molar-refractivity contribution in [2.45, 2.75) is 39.5 Å². The van der Waals surface area contributed by atoms with Gasteiger partial charge in [0.15, 0.2) is 0 Å². The van der Waals surface area contributed by atoms with Gasteiger partial charge in [0.1, 0.15) is 0 Å². The third kappa shape index (κ3) is 10.6. The number of hydrogen-bond donors (Lipinski definition) is 1. The molecule has 78 valence electrons. The summed E-state index contributed by atoms with van der Waals surface area (Å²) in [5.74, 6) is 0.691. The Kier molecular flexibility index (Phi) is 15.7. The second-order valence-corrected chi connectivity index (χ2v) is 3.22. The third-order valence-electron chi connectivity index (χ3n) is 2.13. The predicted octanol–water partition coefficient (Wildman–Crippen LogP) is 2.06. The van der Waals surface area contributed by atoms with Crippen molar-refractivity contribution in [1.82, 2.24) is 0 Å². The van der Waals surface area contributed by atoms with Gasteiger partial charge in [0, 0.05) is 6.61 Å². The summed E-state index contributed by atoms with van der Waals surface area (Å²) < 4.78 is 5.28. The van der Waals surface area contributed by atoms with E-state index in [1.807, 2.05) is 0 Å². The zero-order valence-electron chi connectivity index (χ0n) is 11.1. The summed E-state index contributed by atoms with van der Waals surface area (Å²) in [7, 11) is 0. The molecule has 0 aliphatic carbocycles. The smallest absolute Gasteiger partial charge is 1.00 e. The van der Waals surface area contributed by atoms with Crippen LogP contribution in [0, 0.1) is 5.92 Å². The average molecular weight is 201 g/mol. The van der Waals surface area contributed by atoms with E-state index in [2.05, 4.69) is 13.8 Å². The van der Waals surface area contributed by atoms with E-state index in [1.165, 1.54) is 25.7 Å². The monoisotopic (exact) mass is 200 g/mol. The van der Waals surface area contributed by atoms with E-state index in [4.69, 9.17) is 9.84 Å². The first-order chi connectivity index (χ1) is 5.85. The van der Waals surface area contributed by atoms with Crippen molar-refractivity contribution < 1.29 is 12.7 Å². The van der Waals surface area contributed by atoms with Crippen LogP contribution in [0.25, 0.3) is 0 Å². The van der Waals surface area contributed by atoms with Crippen molar-refractivity contribution in [2.75, 3.05) is 19.8 Å². The van der Waals surface area contributed by atoms with Crippen LogP contribution < -0.4 is 0 Å². The summed E-state index contributed by atoms with van der Waals surface area (Å²) in [6.07, 6.45) is 5.00. The second-order valence-electron chi connectivity index (χ2n) is 3.22. The van der Waals surface area contributed by atoms with Crippen LogP contribution >= 0.6 is 0 Å². The number of rotatable bonds is 8. The van der Waals surface area contributed by atoms with Crippen LogP contribution in [0.15, 0.2) is 0 Å². The quantitative estimate of drug-likeness (QED) is 0.480. The molecule has 0 radical (unpaired) electrons. The zero-order valence-corrected chi connectivity index (χ0v) is 10.5. The molecule has 0 bridgehead atoms. The molecule has 1 atom stereocenters. The Balaban J connectivity index is -0.000000202. The SMILES string of the molecule is CCCCC(CC)COCCO.[H-].[H-].[Mg+2]. The fourth-order valence-electron chi connectivity index (χ4n) is 1.21. The minimum absolute atomic E-state index is 0. The molecule has 0 heterocycles. The Morgan fingerprint density at radius 2 is 2.08 bits per heavy atom. The van der Waals surface area contributed by atoms with Crippen LogP contribution in [-0.2, 0) is 4.74 Å². The number of unbranched alkanes of at least 4 members (excludes halogenated alkanes) is 1. The maximum absolute atomic E-state index is 8.50. The van der Waals surface area contributed by atoms with Crippen LogP contribution in [-0.4, -0.2) is 48.0 Å². The molecule has 0 aromatic heterocycles. The Bertz CT molecular complexity index is 97.5.